The summed E-state index contributed by atoms with van der Waals surface area (Å²) in [6.45, 7) is 2.89. The van der Waals surface area contributed by atoms with E-state index in [1.54, 1.807) is 10.9 Å². The molecule has 0 bridgehead atoms. The van der Waals surface area contributed by atoms with Gasteiger partial charge >= 0.3 is 5.82 Å². The summed E-state index contributed by atoms with van der Waals surface area (Å²) < 4.78 is 3.81. The summed E-state index contributed by atoms with van der Waals surface area (Å²) in [5.74, 6) is -0.571. The third-order valence-electron chi connectivity index (χ3n) is 2.77. The minimum Gasteiger partial charge on any atom is -0.358 e. The molecule has 0 radical (unpaired) electrons. The predicted molar refractivity (Wildman–Crippen MR) is 76.3 cm³/mol. The fourth-order valence-corrected chi connectivity index (χ4v) is 2.19. The van der Waals surface area contributed by atoms with Gasteiger partial charge in [-0.15, -0.1) is 0 Å². The lowest BCUT2D eigenvalue weighted by Crippen LogP contribution is -2.28. The molecule has 0 fully saturated rings. The molecule has 0 saturated heterocycles. The van der Waals surface area contributed by atoms with Gasteiger partial charge in [-0.2, -0.15) is 9.78 Å². The topological polar surface area (TPSA) is 108 Å². The minimum absolute atomic E-state index is 0.0777. The fraction of sp³-hybridized carbons (Fsp3) is 0.364. The van der Waals surface area contributed by atoms with Gasteiger partial charge in [0.05, 0.1) is 40.3 Å². The van der Waals surface area contributed by atoms with Crippen LogP contribution in [0.4, 0.5) is 5.82 Å². The summed E-state index contributed by atoms with van der Waals surface area (Å²) in [6, 6.07) is 1.25. The highest BCUT2D eigenvalue weighted by atomic mass is 79.9. The number of hydrogen-bond donors (Lipinski definition) is 1. The van der Waals surface area contributed by atoms with Crippen LogP contribution >= 0.6 is 15.9 Å². The Kier molecular flexibility index (Phi) is 4.68. The second-order valence-corrected chi connectivity index (χ2v) is 5.01. The number of carbonyl (C=O) groups is 1. The number of carbonyl (C=O) groups excluding carboxylic acids is 1. The van der Waals surface area contributed by atoms with Crippen molar-refractivity contribution < 1.29 is 9.72 Å². The Labute approximate surface area is 128 Å². The number of rotatable bonds is 6. The SMILES string of the molecule is CCn1ncc(Br)c1CNC(=O)Cn1ccc([N+](=O)[O-])n1. The van der Waals surface area contributed by atoms with Gasteiger partial charge in [-0.25, -0.2) is 0 Å². The lowest BCUT2D eigenvalue weighted by molar-refractivity contribution is -0.389. The van der Waals surface area contributed by atoms with Gasteiger partial charge in [-0.05, 0) is 27.8 Å². The van der Waals surface area contributed by atoms with Crippen LogP contribution in [-0.4, -0.2) is 30.4 Å². The second-order valence-electron chi connectivity index (χ2n) is 4.16. The molecule has 0 aliphatic rings. The molecule has 2 rings (SSSR count). The number of hydrogen-bond acceptors (Lipinski definition) is 5. The maximum atomic E-state index is 11.8. The van der Waals surface area contributed by atoms with Gasteiger partial charge in [0.2, 0.25) is 5.91 Å². The summed E-state index contributed by atoms with van der Waals surface area (Å²) in [5, 5.41) is 21.1. The van der Waals surface area contributed by atoms with Gasteiger partial charge in [0.25, 0.3) is 0 Å². The van der Waals surface area contributed by atoms with Crippen molar-refractivity contribution in [1.82, 2.24) is 24.9 Å². The molecular formula is C11H13BrN6O3. The lowest BCUT2D eigenvalue weighted by Gasteiger charge is -2.07. The van der Waals surface area contributed by atoms with Crippen LogP contribution in [0.5, 0.6) is 0 Å². The van der Waals surface area contributed by atoms with E-state index in [4.69, 9.17) is 0 Å². The molecule has 0 saturated carbocycles. The number of amides is 1. The van der Waals surface area contributed by atoms with Gasteiger partial charge in [0.15, 0.2) is 0 Å². The molecule has 2 aromatic heterocycles. The number of nitrogens with one attached hydrogen (secondary N) is 1. The van der Waals surface area contributed by atoms with Crippen LogP contribution in [0.15, 0.2) is 22.9 Å². The first-order chi connectivity index (χ1) is 10.0. The average Bonchev–Trinajstić information content (AvgIpc) is 3.03. The van der Waals surface area contributed by atoms with Crippen LogP contribution in [0, 0.1) is 10.1 Å². The van der Waals surface area contributed by atoms with E-state index in [1.807, 2.05) is 6.92 Å². The monoisotopic (exact) mass is 356 g/mol. The second kappa shape index (κ2) is 6.48. The van der Waals surface area contributed by atoms with Crippen molar-refractivity contribution >= 4 is 27.7 Å². The van der Waals surface area contributed by atoms with Crippen molar-refractivity contribution in [2.24, 2.45) is 0 Å². The maximum absolute atomic E-state index is 11.8. The van der Waals surface area contributed by atoms with Crippen molar-refractivity contribution in [3.8, 4) is 0 Å². The van der Waals surface area contributed by atoms with Crippen LogP contribution in [0.25, 0.3) is 0 Å². The van der Waals surface area contributed by atoms with E-state index in [9.17, 15) is 14.9 Å². The van der Waals surface area contributed by atoms with Gasteiger partial charge in [-0.1, -0.05) is 0 Å². The van der Waals surface area contributed by atoms with Crippen molar-refractivity contribution in [2.45, 2.75) is 26.6 Å². The molecule has 0 unspecified atom stereocenters. The molecule has 0 atom stereocenters. The third-order valence-corrected chi connectivity index (χ3v) is 3.43. The molecule has 2 aromatic rings. The molecule has 9 nitrogen and oxygen atoms in total. The molecule has 10 heteroatoms. The van der Waals surface area contributed by atoms with Crippen molar-refractivity contribution in [2.75, 3.05) is 0 Å². The number of halogens is 1. The molecule has 21 heavy (non-hydrogen) atoms. The van der Waals surface area contributed by atoms with E-state index in [0.29, 0.717) is 13.1 Å². The number of nitro groups is 1. The summed E-state index contributed by atoms with van der Waals surface area (Å²) in [6.07, 6.45) is 3.06. The van der Waals surface area contributed by atoms with E-state index in [0.717, 1.165) is 10.2 Å². The fourth-order valence-electron chi connectivity index (χ4n) is 1.76. The highest BCUT2D eigenvalue weighted by Crippen LogP contribution is 2.15. The zero-order valence-corrected chi connectivity index (χ0v) is 12.8. The van der Waals surface area contributed by atoms with E-state index in [1.165, 1.54) is 16.9 Å². The molecule has 0 aliphatic carbocycles. The Morgan fingerprint density at radius 2 is 2.33 bits per heavy atom. The Hall–Kier alpha value is -2.23. The summed E-state index contributed by atoms with van der Waals surface area (Å²) >= 11 is 3.37. The predicted octanol–water partition coefficient (Wildman–Crippen LogP) is 1.09. The largest absolute Gasteiger partial charge is 0.389 e. The highest BCUT2D eigenvalue weighted by Gasteiger charge is 2.14. The number of nitrogens with zero attached hydrogens (tertiary/aromatic N) is 5. The standard InChI is InChI=1S/C11H13BrN6O3/c1-2-17-9(8(12)5-14-17)6-13-11(19)7-16-4-3-10(15-16)18(20)21/h3-5H,2,6-7H2,1H3,(H,13,19). The molecule has 0 aliphatic heterocycles. The quantitative estimate of drug-likeness (QED) is 0.615. The Balaban J connectivity index is 1.92. The van der Waals surface area contributed by atoms with Crippen LogP contribution in [0.1, 0.15) is 12.6 Å². The molecule has 1 N–H and O–H groups in total. The lowest BCUT2D eigenvalue weighted by atomic mass is 10.4. The van der Waals surface area contributed by atoms with E-state index >= 15 is 0 Å². The van der Waals surface area contributed by atoms with Gasteiger partial charge in [0, 0.05) is 6.54 Å². The zero-order chi connectivity index (χ0) is 15.4. The van der Waals surface area contributed by atoms with Gasteiger partial charge < -0.3 is 15.4 Å². The molecule has 2 heterocycles. The van der Waals surface area contributed by atoms with Crippen molar-refractivity contribution in [3.05, 3.63) is 38.7 Å². The average molecular weight is 357 g/mol. The Morgan fingerprint density at radius 1 is 1.57 bits per heavy atom. The van der Waals surface area contributed by atoms with Crippen molar-refractivity contribution in [3.63, 3.8) is 0 Å². The third kappa shape index (κ3) is 3.66. The molecule has 112 valence electrons. The Bertz CT molecular complexity index is 665. The van der Waals surface area contributed by atoms with E-state index < -0.39 is 4.92 Å². The zero-order valence-electron chi connectivity index (χ0n) is 11.2. The summed E-state index contributed by atoms with van der Waals surface area (Å²) in [5.41, 5.74) is 0.859. The molecule has 1 amide bonds. The Morgan fingerprint density at radius 3 is 2.95 bits per heavy atom. The van der Waals surface area contributed by atoms with E-state index in [-0.39, 0.29) is 18.3 Å². The highest BCUT2D eigenvalue weighted by molar-refractivity contribution is 9.10. The molecule has 0 spiro atoms. The maximum Gasteiger partial charge on any atom is 0.389 e. The first-order valence-corrected chi connectivity index (χ1v) is 6.95. The van der Waals surface area contributed by atoms with Crippen LogP contribution in [-0.2, 0) is 24.4 Å². The van der Waals surface area contributed by atoms with Crippen LogP contribution in [0.3, 0.4) is 0 Å². The normalized spacial score (nSPS) is 10.6. The van der Waals surface area contributed by atoms with Crippen LogP contribution < -0.4 is 5.32 Å². The summed E-state index contributed by atoms with van der Waals surface area (Å²) in [7, 11) is 0. The van der Waals surface area contributed by atoms with Crippen molar-refractivity contribution in [1.29, 1.82) is 0 Å². The van der Waals surface area contributed by atoms with Gasteiger partial charge in [-0.3, -0.25) is 9.48 Å². The minimum atomic E-state index is -0.606. The summed E-state index contributed by atoms with van der Waals surface area (Å²) in [4.78, 5) is 21.7. The number of aromatic nitrogens is 4. The van der Waals surface area contributed by atoms with E-state index in [2.05, 4.69) is 31.4 Å². The first-order valence-electron chi connectivity index (χ1n) is 6.16. The van der Waals surface area contributed by atoms with Gasteiger partial charge in [0.1, 0.15) is 6.54 Å². The number of aryl methyl sites for hydroxylation is 1. The van der Waals surface area contributed by atoms with Crippen LogP contribution in [0.2, 0.25) is 0 Å². The smallest absolute Gasteiger partial charge is 0.358 e. The molecule has 0 aromatic carbocycles. The molecular weight excluding hydrogens is 344 g/mol. The first kappa shape index (κ1) is 15.2.